The zero-order valence-corrected chi connectivity index (χ0v) is 9.54. The maximum atomic E-state index is 12.7. The van der Waals surface area contributed by atoms with Crippen molar-refractivity contribution >= 4 is 27.7 Å². The van der Waals surface area contributed by atoms with Crippen LogP contribution in [-0.2, 0) is 5.75 Å². The van der Waals surface area contributed by atoms with Crippen molar-refractivity contribution in [1.29, 1.82) is 0 Å². The summed E-state index contributed by atoms with van der Waals surface area (Å²) < 4.78 is 25.8. The van der Waals surface area contributed by atoms with E-state index in [4.69, 9.17) is 5.73 Å². The lowest BCUT2D eigenvalue weighted by Crippen LogP contribution is -1.87. The maximum Gasteiger partial charge on any atom is 0.159 e. The summed E-state index contributed by atoms with van der Waals surface area (Å²) in [7, 11) is 0. The van der Waals surface area contributed by atoms with Crippen molar-refractivity contribution in [2.45, 2.75) is 5.75 Å². The van der Waals surface area contributed by atoms with Crippen molar-refractivity contribution in [3.63, 3.8) is 0 Å². The highest BCUT2D eigenvalue weighted by atomic mass is 79.9. The Balaban J connectivity index is 2.60. The minimum Gasteiger partial charge on any atom is -0.393 e. The summed E-state index contributed by atoms with van der Waals surface area (Å²) in [6, 6.07) is 3.84. The van der Waals surface area contributed by atoms with E-state index < -0.39 is 11.6 Å². The van der Waals surface area contributed by atoms with Crippen LogP contribution >= 0.6 is 27.7 Å². The molecule has 0 aliphatic rings. The molecule has 14 heavy (non-hydrogen) atoms. The standard InChI is InChI=1S/C9H8BrF2NS/c10-9(13)5-14-4-6-1-2-7(11)8(12)3-6/h1-3,5H,4,13H2/b9-5-. The lowest BCUT2D eigenvalue weighted by atomic mass is 10.2. The van der Waals surface area contributed by atoms with Crippen LogP contribution in [0.5, 0.6) is 0 Å². The average Bonchev–Trinajstić information content (AvgIpc) is 2.10. The van der Waals surface area contributed by atoms with Gasteiger partial charge in [0, 0.05) is 11.2 Å². The quantitative estimate of drug-likeness (QED) is 0.859. The monoisotopic (exact) mass is 279 g/mol. The predicted molar refractivity (Wildman–Crippen MR) is 58.9 cm³/mol. The van der Waals surface area contributed by atoms with Gasteiger partial charge >= 0.3 is 0 Å². The van der Waals surface area contributed by atoms with Crippen molar-refractivity contribution < 1.29 is 8.78 Å². The van der Waals surface area contributed by atoms with Crippen LogP contribution in [0.15, 0.2) is 28.2 Å². The highest BCUT2D eigenvalue weighted by Crippen LogP contribution is 2.17. The van der Waals surface area contributed by atoms with Gasteiger partial charge in [-0.05, 0) is 33.6 Å². The smallest absolute Gasteiger partial charge is 0.159 e. The second kappa shape index (κ2) is 5.36. The Morgan fingerprint density at radius 1 is 1.43 bits per heavy atom. The molecular formula is C9H8BrF2NS. The molecule has 0 radical (unpaired) electrons. The number of thioether (sulfide) groups is 1. The fourth-order valence-corrected chi connectivity index (χ4v) is 1.86. The Bertz CT molecular complexity index is 351. The fourth-order valence-electron chi connectivity index (χ4n) is 0.847. The van der Waals surface area contributed by atoms with E-state index in [1.54, 1.807) is 11.5 Å². The lowest BCUT2D eigenvalue weighted by Gasteiger charge is -1.99. The van der Waals surface area contributed by atoms with Gasteiger partial charge in [-0.15, -0.1) is 11.8 Å². The van der Waals surface area contributed by atoms with Gasteiger partial charge in [-0.1, -0.05) is 6.07 Å². The van der Waals surface area contributed by atoms with E-state index in [-0.39, 0.29) is 0 Å². The zero-order chi connectivity index (χ0) is 10.6. The van der Waals surface area contributed by atoms with E-state index in [0.29, 0.717) is 10.4 Å². The summed E-state index contributed by atoms with van der Waals surface area (Å²) in [6.45, 7) is 0. The minimum absolute atomic E-state index is 0.519. The molecule has 0 aliphatic heterocycles. The molecule has 0 fully saturated rings. The van der Waals surface area contributed by atoms with Gasteiger partial charge in [0.05, 0.1) is 4.61 Å². The van der Waals surface area contributed by atoms with Crippen LogP contribution in [0.2, 0.25) is 0 Å². The first-order valence-corrected chi connectivity index (χ1v) is 5.60. The van der Waals surface area contributed by atoms with Crippen LogP contribution in [0.3, 0.4) is 0 Å². The molecule has 0 bridgehead atoms. The minimum atomic E-state index is -0.825. The Labute approximate surface area is 93.5 Å². The molecule has 1 nitrogen and oxygen atoms in total. The topological polar surface area (TPSA) is 26.0 Å². The summed E-state index contributed by atoms with van der Waals surface area (Å²) in [5.74, 6) is -1.09. The highest BCUT2D eigenvalue weighted by molar-refractivity contribution is 9.11. The Kier molecular flexibility index (Phi) is 4.41. The lowest BCUT2D eigenvalue weighted by molar-refractivity contribution is 0.507. The summed E-state index contributed by atoms with van der Waals surface area (Å²) in [5.41, 5.74) is 6.05. The second-order valence-electron chi connectivity index (χ2n) is 2.56. The largest absolute Gasteiger partial charge is 0.393 e. The third-order valence-corrected chi connectivity index (χ3v) is 2.88. The Morgan fingerprint density at radius 3 is 2.71 bits per heavy atom. The van der Waals surface area contributed by atoms with Crippen molar-refractivity contribution in [2.75, 3.05) is 0 Å². The summed E-state index contributed by atoms with van der Waals surface area (Å²) in [4.78, 5) is 0. The Hall–Kier alpha value is -0.550. The van der Waals surface area contributed by atoms with Crippen LogP contribution in [-0.4, -0.2) is 0 Å². The third kappa shape index (κ3) is 3.67. The van der Waals surface area contributed by atoms with Gasteiger partial charge in [0.1, 0.15) is 0 Å². The second-order valence-corrected chi connectivity index (χ2v) is 4.34. The zero-order valence-electron chi connectivity index (χ0n) is 7.14. The van der Waals surface area contributed by atoms with E-state index >= 15 is 0 Å². The van der Waals surface area contributed by atoms with Gasteiger partial charge in [-0.25, -0.2) is 8.78 Å². The molecule has 0 heterocycles. The molecule has 0 spiro atoms. The molecule has 76 valence electrons. The van der Waals surface area contributed by atoms with Crippen LogP contribution in [0.4, 0.5) is 8.78 Å². The molecule has 0 saturated carbocycles. The molecule has 0 amide bonds. The van der Waals surface area contributed by atoms with Gasteiger partial charge < -0.3 is 5.73 Å². The number of hydrogen-bond donors (Lipinski definition) is 1. The van der Waals surface area contributed by atoms with Gasteiger partial charge in [0.25, 0.3) is 0 Å². The Morgan fingerprint density at radius 2 is 2.14 bits per heavy atom. The fraction of sp³-hybridized carbons (Fsp3) is 0.111. The van der Waals surface area contributed by atoms with E-state index in [1.807, 2.05) is 0 Å². The molecule has 0 saturated heterocycles. The summed E-state index contributed by atoms with van der Waals surface area (Å²) in [5, 5.41) is 1.70. The van der Waals surface area contributed by atoms with Gasteiger partial charge in [0.2, 0.25) is 0 Å². The molecule has 1 aromatic rings. The molecule has 1 rings (SSSR count). The van der Waals surface area contributed by atoms with Crippen molar-refractivity contribution in [3.8, 4) is 0 Å². The number of nitrogens with two attached hydrogens (primary N) is 1. The van der Waals surface area contributed by atoms with Gasteiger partial charge in [-0.2, -0.15) is 0 Å². The van der Waals surface area contributed by atoms with Crippen LogP contribution in [0, 0.1) is 11.6 Å². The molecule has 0 unspecified atom stereocenters. The normalized spacial score (nSPS) is 11.8. The van der Waals surface area contributed by atoms with Crippen LogP contribution < -0.4 is 5.73 Å². The summed E-state index contributed by atoms with van der Waals surface area (Å²) in [6.07, 6.45) is 0. The van der Waals surface area contributed by atoms with Crippen molar-refractivity contribution in [1.82, 2.24) is 0 Å². The molecule has 0 aliphatic carbocycles. The van der Waals surface area contributed by atoms with Crippen molar-refractivity contribution in [2.24, 2.45) is 5.73 Å². The number of benzene rings is 1. The summed E-state index contributed by atoms with van der Waals surface area (Å²) >= 11 is 4.46. The molecule has 1 aromatic carbocycles. The van der Waals surface area contributed by atoms with E-state index in [1.165, 1.54) is 17.8 Å². The maximum absolute atomic E-state index is 12.7. The number of hydrogen-bond acceptors (Lipinski definition) is 2. The third-order valence-electron chi connectivity index (χ3n) is 1.43. The van der Waals surface area contributed by atoms with Crippen LogP contribution in [0.1, 0.15) is 5.56 Å². The van der Waals surface area contributed by atoms with Crippen LogP contribution in [0.25, 0.3) is 0 Å². The molecule has 2 N–H and O–H groups in total. The highest BCUT2D eigenvalue weighted by Gasteiger charge is 2.01. The molecule has 0 aromatic heterocycles. The SMILES string of the molecule is N/C(Br)=C\SCc1ccc(F)c(F)c1. The van der Waals surface area contributed by atoms with E-state index in [0.717, 1.165) is 11.6 Å². The predicted octanol–water partition coefficient (Wildman–Crippen LogP) is 3.35. The van der Waals surface area contributed by atoms with Gasteiger partial charge in [-0.3, -0.25) is 0 Å². The first kappa shape index (κ1) is 11.5. The molecule has 0 atom stereocenters. The molecule has 5 heteroatoms. The first-order chi connectivity index (χ1) is 6.59. The first-order valence-electron chi connectivity index (χ1n) is 3.76. The van der Waals surface area contributed by atoms with Gasteiger partial charge in [0.15, 0.2) is 11.6 Å². The molecular weight excluding hydrogens is 272 g/mol. The van der Waals surface area contributed by atoms with Crippen molar-refractivity contribution in [3.05, 3.63) is 45.4 Å². The van der Waals surface area contributed by atoms with E-state index in [9.17, 15) is 8.78 Å². The average molecular weight is 280 g/mol. The van der Waals surface area contributed by atoms with E-state index in [2.05, 4.69) is 15.9 Å². The number of rotatable bonds is 3. The number of halogens is 3.